The summed E-state index contributed by atoms with van der Waals surface area (Å²) in [4.78, 5) is 11.9. The van der Waals surface area contributed by atoms with Gasteiger partial charge in [0.15, 0.2) is 0 Å². The first kappa shape index (κ1) is 16.6. The molecule has 1 atom stereocenters. The highest BCUT2D eigenvalue weighted by atomic mass is 32.2. The largest absolute Gasteiger partial charge is 0.392 e. The first-order valence-electron chi connectivity index (χ1n) is 6.31. The molecule has 0 heterocycles. The molecular formula is C13H20N2O4S. The molecule has 0 fully saturated rings. The molecule has 0 aromatic heterocycles. The maximum atomic E-state index is 12.0. The van der Waals surface area contributed by atoms with Crippen LogP contribution in [0.3, 0.4) is 0 Å². The molecule has 7 heteroatoms. The Morgan fingerprint density at radius 2 is 1.95 bits per heavy atom. The minimum absolute atomic E-state index is 0.0379. The number of hydrogen-bond donors (Lipinski definition) is 3. The van der Waals surface area contributed by atoms with Crippen molar-refractivity contribution in [3.05, 3.63) is 29.8 Å². The smallest absolute Gasteiger partial charge is 0.251 e. The van der Waals surface area contributed by atoms with E-state index in [2.05, 4.69) is 10.0 Å². The summed E-state index contributed by atoms with van der Waals surface area (Å²) in [6, 6.07) is 5.53. The van der Waals surface area contributed by atoms with Crippen LogP contribution in [0.15, 0.2) is 29.2 Å². The van der Waals surface area contributed by atoms with E-state index < -0.39 is 22.0 Å². The van der Waals surface area contributed by atoms with Crippen molar-refractivity contribution in [3.63, 3.8) is 0 Å². The van der Waals surface area contributed by atoms with Crippen molar-refractivity contribution in [2.24, 2.45) is 0 Å². The number of aliphatic hydroxyl groups is 1. The molecule has 0 bridgehead atoms. The summed E-state index contributed by atoms with van der Waals surface area (Å²) in [5.74, 6) is -0.424. The zero-order valence-corrected chi connectivity index (χ0v) is 12.6. The Kier molecular flexibility index (Phi) is 5.67. The Morgan fingerprint density at radius 3 is 2.50 bits per heavy atom. The van der Waals surface area contributed by atoms with Gasteiger partial charge < -0.3 is 10.4 Å². The Balaban J connectivity index is 2.93. The van der Waals surface area contributed by atoms with Crippen molar-refractivity contribution in [1.29, 1.82) is 0 Å². The van der Waals surface area contributed by atoms with Crippen LogP contribution in [0.5, 0.6) is 0 Å². The van der Waals surface area contributed by atoms with E-state index >= 15 is 0 Å². The van der Waals surface area contributed by atoms with Crippen molar-refractivity contribution in [2.45, 2.75) is 37.8 Å². The van der Waals surface area contributed by atoms with E-state index in [0.717, 1.165) is 0 Å². The first-order chi connectivity index (χ1) is 9.22. The normalized spacial score (nSPS) is 13.2. The Morgan fingerprint density at radius 1 is 1.30 bits per heavy atom. The second kappa shape index (κ2) is 6.83. The second-order valence-electron chi connectivity index (χ2n) is 4.86. The molecule has 1 aromatic carbocycles. The third-order valence-corrected chi connectivity index (χ3v) is 4.01. The van der Waals surface area contributed by atoms with Gasteiger partial charge in [-0.25, -0.2) is 13.1 Å². The standard InChI is InChI=1S/C13H20N2O4S/c1-9(2)15-20(18,19)12-6-4-5-11(7-12)13(17)14-8-10(3)16/h4-7,9-10,15-16H,8H2,1-3H3,(H,14,17). The number of carbonyl (C=O) groups excluding carboxylic acids is 1. The number of amides is 1. The van der Waals surface area contributed by atoms with Crippen LogP contribution < -0.4 is 10.0 Å². The molecule has 0 aliphatic carbocycles. The van der Waals surface area contributed by atoms with Gasteiger partial charge in [-0.3, -0.25) is 4.79 Å². The third kappa shape index (κ3) is 4.92. The highest BCUT2D eigenvalue weighted by Crippen LogP contribution is 2.12. The molecule has 0 aliphatic rings. The summed E-state index contributed by atoms with van der Waals surface area (Å²) in [6.45, 7) is 5.10. The van der Waals surface area contributed by atoms with Gasteiger partial charge in [0.05, 0.1) is 11.0 Å². The van der Waals surface area contributed by atoms with E-state index in [9.17, 15) is 13.2 Å². The Labute approximate surface area is 119 Å². The number of carbonyl (C=O) groups is 1. The number of hydrogen-bond acceptors (Lipinski definition) is 4. The molecule has 6 nitrogen and oxygen atoms in total. The lowest BCUT2D eigenvalue weighted by Crippen LogP contribution is -2.32. The number of rotatable bonds is 6. The van der Waals surface area contributed by atoms with Crippen LogP contribution in [-0.2, 0) is 10.0 Å². The summed E-state index contributed by atoms with van der Waals surface area (Å²) >= 11 is 0. The third-order valence-electron chi connectivity index (χ3n) is 2.36. The van der Waals surface area contributed by atoms with Gasteiger partial charge in [-0.15, -0.1) is 0 Å². The van der Waals surface area contributed by atoms with Gasteiger partial charge in [0.25, 0.3) is 5.91 Å². The molecule has 0 saturated heterocycles. The van der Waals surface area contributed by atoms with Crippen LogP contribution in [0.25, 0.3) is 0 Å². The number of nitrogens with one attached hydrogen (secondary N) is 2. The molecule has 3 N–H and O–H groups in total. The molecule has 0 spiro atoms. The highest BCUT2D eigenvalue weighted by molar-refractivity contribution is 7.89. The monoisotopic (exact) mass is 300 g/mol. The minimum Gasteiger partial charge on any atom is -0.392 e. The summed E-state index contributed by atoms with van der Waals surface area (Å²) in [7, 11) is -3.63. The van der Waals surface area contributed by atoms with E-state index in [1.807, 2.05) is 0 Å². The number of benzene rings is 1. The topological polar surface area (TPSA) is 95.5 Å². The summed E-state index contributed by atoms with van der Waals surface area (Å²) < 4.78 is 26.5. The van der Waals surface area contributed by atoms with Gasteiger partial charge in [0, 0.05) is 18.2 Å². The van der Waals surface area contributed by atoms with Crippen molar-refractivity contribution in [3.8, 4) is 0 Å². The van der Waals surface area contributed by atoms with E-state index in [1.54, 1.807) is 20.8 Å². The van der Waals surface area contributed by atoms with Crippen LogP contribution >= 0.6 is 0 Å². The predicted octanol–water partition coefficient (Wildman–Crippen LogP) is 0.484. The van der Waals surface area contributed by atoms with Crippen molar-refractivity contribution in [1.82, 2.24) is 10.0 Å². The fourth-order valence-electron chi connectivity index (χ4n) is 1.53. The van der Waals surface area contributed by atoms with Crippen LogP contribution in [0.2, 0.25) is 0 Å². The highest BCUT2D eigenvalue weighted by Gasteiger charge is 2.17. The van der Waals surface area contributed by atoms with E-state index in [4.69, 9.17) is 5.11 Å². The summed E-state index contributed by atoms with van der Waals surface area (Å²) in [6.07, 6.45) is -0.659. The number of sulfonamides is 1. The van der Waals surface area contributed by atoms with Crippen LogP contribution in [0, 0.1) is 0 Å². The predicted molar refractivity (Wildman–Crippen MR) is 75.9 cm³/mol. The van der Waals surface area contributed by atoms with Gasteiger partial charge >= 0.3 is 0 Å². The lowest BCUT2D eigenvalue weighted by Gasteiger charge is -2.11. The molecule has 1 rings (SSSR count). The molecule has 20 heavy (non-hydrogen) atoms. The maximum absolute atomic E-state index is 12.0. The molecule has 112 valence electrons. The molecular weight excluding hydrogens is 280 g/mol. The van der Waals surface area contributed by atoms with Gasteiger partial charge in [0.1, 0.15) is 0 Å². The van der Waals surface area contributed by atoms with Crippen molar-refractivity contribution in [2.75, 3.05) is 6.54 Å². The molecule has 0 aliphatic heterocycles. The summed E-state index contributed by atoms with van der Waals surface area (Å²) in [5.41, 5.74) is 0.234. The SMILES string of the molecule is CC(O)CNC(=O)c1cccc(S(=O)(=O)NC(C)C)c1. The molecule has 0 radical (unpaired) electrons. The summed E-state index contributed by atoms with van der Waals surface area (Å²) in [5, 5.41) is 11.6. The van der Waals surface area contributed by atoms with E-state index in [0.29, 0.717) is 0 Å². The molecule has 0 saturated carbocycles. The zero-order valence-electron chi connectivity index (χ0n) is 11.8. The zero-order chi connectivity index (χ0) is 15.3. The fraction of sp³-hybridized carbons (Fsp3) is 0.462. The minimum atomic E-state index is -3.63. The van der Waals surface area contributed by atoms with Crippen molar-refractivity contribution >= 4 is 15.9 Å². The average Bonchev–Trinajstić information content (AvgIpc) is 2.34. The lowest BCUT2D eigenvalue weighted by molar-refractivity contribution is 0.0924. The van der Waals surface area contributed by atoms with Gasteiger partial charge in [-0.2, -0.15) is 0 Å². The molecule has 1 aromatic rings. The molecule has 1 amide bonds. The Hall–Kier alpha value is -1.44. The quantitative estimate of drug-likeness (QED) is 0.712. The first-order valence-corrected chi connectivity index (χ1v) is 7.79. The van der Waals surface area contributed by atoms with E-state index in [-0.39, 0.29) is 23.0 Å². The van der Waals surface area contributed by atoms with Crippen molar-refractivity contribution < 1.29 is 18.3 Å². The van der Waals surface area contributed by atoms with Gasteiger partial charge in [0.2, 0.25) is 10.0 Å². The van der Waals surface area contributed by atoms with Crippen LogP contribution in [-0.4, -0.2) is 38.1 Å². The number of aliphatic hydroxyl groups excluding tert-OH is 1. The van der Waals surface area contributed by atoms with Crippen LogP contribution in [0.4, 0.5) is 0 Å². The average molecular weight is 300 g/mol. The maximum Gasteiger partial charge on any atom is 0.251 e. The van der Waals surface area contributed by atoms with E-state index in [1.165, 1.54) is 24.3 Å². The lowest BCUT2D eigenvalue weighted by atomic mass is 10.2. The Bertz CT molecular complexity index is 567. The second-order valence-corrected chi connectivity index (χ2v) is 6.58. The van der Waals surface area contributed by atoms with Gasteiger partial charge in [-0.05, 0) is 39.0 Å². The molecule has 1 unspecified atom stereocenters. The van der Waals surface area contributed by atoms with Gasteiger partial charge in [-0.1, -0.05) is 6.07 Å². The van der Waals surface area contributed by atoms with Crippen LogP contribution in [0.1, 0.15) is 31.1 Å². The fourth-order valence-corrected chi connectivity index (χ4v) is 2.82.